The van der Waals surface area contributed by atoms with Crippen LogP contribution in [0.1, 0.15) is 23.7 Å². The van der Waals surface area contributed by atoms with Gasteiger partial charge in [-0.2, -0.15) is 0 Å². The summed E-state index contributed by atoms with van der Waals surface area (Å²) in [6, 6.07) is 16.8. The number of hydrogen-bond acceptors (Lipinski definition) is 7. The van der Waals surface area contributed by atoms with Gasteiger partial charge in [0.2, 0.25) is 0 Å². The number of pyridine rings is 1. The Labute approximate surface area is 189 Å². The van der Waals surface area contributed by atoms with Crippen LogP contribution in [0.3, 0.4) is 0 Å². The molecule has 7 nitrogen and oxygen atoms in total. The molecule has 7 heteroatoms. The number of para-hydroxylation sites is 2. The molecule has 0 radical (unpaired) electrons. The molecule has 0 aliphatic carbocycles. The van der Waals surface area contributed by atoms with Crippen molar-refractivity contribution >= 4 is 0 Å². The fourth-order valence-corrected chi connectivity index (χ4v) is 3.66. The topological polar surface area (TPSA) is 95.9 Å². The van der Waals surface area contributed by atoms with Gasteiger partial charge in [-0.1, -0.05) is 37.3 Å². The molecule has 0 amide bonds. The summed E-state index contributed by atoms with van der Waals surface area (Å²) in [7, 11) is 3.08. The summed E-state index contributed by atoms with van der Waals surface area (Å²) >= 11 is 0. The second-order valence-electron chi connectivity index (χ2n) is 7.92. The first-order valence-corrected chi connectivity index (χ1v) is 10.5. The van der Waals surface area contributed by atoms with Crippen molar-refractivity contribution in [2.75, 3.05) is 27.3 Å². The number of methoxy groups -OCH3 is 2. The number of aromatic nitrogens is 1. The van der Waals surface area contributed by atoms with Crippen LogP contribution >= 0.6 is 0 Å². The van der Waals surface area contributed by atoms with Gasteiger partial charge in [0.05, 0.1) is 14.2 Å². The van der Waals surface area contributed by atoms with Crippen molar-refractivity contribution in [3.63, 3.8) is 0 Å². The highest BCUT2D eigenvalue weighted by molar-refractivity contribution is 5.46. The van der Waals surface area contributed by atoms with Crippen LogP contribution < -0.4 is 20.1 Å². The zero-order chi connectivity index (χ0) is 23.0. The van der Waals surface area contributed by atoms with E-state index in [1.54, 1.807) is 18.3 Å². The monoisotopic (exact) mass is 437 g/mol. The predicted octanol–water partition coefficient (Wildman–Crippen LogP) is 3.35. The standard InChI is InChI=1S/C25H31N3O4/c1-25(22-12-4-5-13-28-22,16-26-14-18-8-6-10-20(31-2)23(18)29)17-27-15-19-9-7-11-21(32-3)24(19)30/h4-13,26-27,29-30H,14-17H2,1-3H3. The van der Waals surface area contributed by atoms with Gasteiger partial charge in [-0.3, -0.25) is 4.98 Å². The lowest BCUT2D eigenvalue weighted by atomic mass is 9.85. The smallest absolute Gasteiger partial charge is 0.162 e. The van der Waals surface area contributed by atoms with E-state index >= 15 is 0 Å². The maximum atomic E-state index is 10.3. The van der Waals surface area contributed by atoms with Crippen molar-refractivity contribution in [1.29, 1.82) is 0 Å². The number of rotatable bonds is 11. The van der Waals surface area contributed by atoms with Gasteiger partial charge in [-0.05, 0) is 24.3 Å². The third kappa shape index (κ3) is 5.49. The zero-order valence-corrected chi connectivity index (χ0v) is 18.8. The number of aromatic hydroxyl groups is 2. The summed E-state index contributed by atoms with van der Waals surface area (Å²) in [6.45, 7) is 4.35. The lowest BCUT2D eigenvalue weighted by Gasteiger charge is -2.30. The quantitative estimate of drug-likeness (QED) is 0.365. The van der Waals surface area contributed by atoms with Crippen molar-refractivity contribution in [3.8, 4) is 23.0 Å². The van der Waals surface area contributed by atoms with Gasteiger partial charge in [-0.25, -0.2) is 0 Å². The number of benzene rings is 2. The maximum Gasteiger partial charge on any atom is 0.162 e. The third-order valence-electron chi connectivity index (χ3n) is 5.55. The van der Waals surface area contributed by atoms with Gasteiger partial charge in [0.25, 0.3) is 0 Å². The van der Waals surface area contributed by atoms with E-state index in [4.69, 9.17) is 9.47 Å². The van der Waals surface area contributed by atoms with Crippen LogP contribution in [0.15, 0.2) is 60.8 Å². The lowest BCUT2D eigenvalue weighted by molar-refractivity contribution is 0.361. The van der Waals surface area contributed by atoms with Crippen molar-refractivity contribution in [3.05, 3.63) is 77.6 Å². The van der Waals surface area contributed by atoms with Gasteiger partial charge >= 0.3 is 0 Å². The Morgan fingerprint density at radius 1 is 0.781 bits per heavy atom. The zero-order valence-electron chi connectivity index (χ0n) is 18.8. The molecule has 0 atom stereocenters. The first-order chi connectivity index (χ1) is 15.5. The molecule has 32 heavy (non-hydrogen) atoms. The van der Waals surface area contributed by atoms with E-state index < -0.39 is 0 Å². The third-order valence-corrected chi connectivity index (χ3v) is 5.55. The van der Waals surface area contributed by atoms with Crippen molar-refractivity contribution < 1.29 is 19.7 Å². The van der Waals surface area contributed by atoms with Gasteiger partial charge < -0.3 is 30.3 Å². The highest BCUT2D eigenvalue weighted by Gasteiger charge is 2.28. The van der Waals surface area contributed by atoms with Crippen molar-refractivity contribution in [2.45, 2.75) is 25.4 Å². The Morgan fingerprint density at radius 2 is 1.31 bits per heavy atom. The first kappa shape index (κ1) is 23.4. The Kier molecular flexibility index (Phi) is 7.92. The minimum atomic E-state index is -0.329. The van der Waals surface area contributed by atoms with E-state index in [0.29, 0.717) is 37.7 Å². The fourth-order valence-electron chi connectivity index (χ4n) is 3.66. The fraction of sp³-hybridized carbons (Fsp3) is 0.320. The lowest BCUT2D eigenvalue weighted by Crippen LogP contribution is -2.44. The molecule has 0 saturated heterocycles. The van der Waals surface area contributed by atoms with Crippen LogP contribution in [0, 0.1) is 0 Å². The number of nitrogens with zero attached hydrogens (tertiary/aromatic N) is 1. The maximum absolute atomic E-state index is 10.3. The molecule has 3 rings (SSSR count). The van der Waals surface area contributed by atoms with E-state index in [1.807, 2.05) is 42.5 Å². The molecule has 3 aromatic rings. The highest BCUT2D eigenvalue weighted by atomic mass is 16.5. The van der Waals surface area contributed by atoms with Crippen LogP contribution in [0.5, 0.6) is 23.0 Å². The molecular weight excluding hydrogens is 406 g/mol. The Bertz CT molecular complexity index is 952. The van der Waals surface area contributed by atoms with Gasteiger partial charge in [0.15, 0.2) is 23.0 Å². The normalized spacial score (nSPS) is 11.3. The minimum absolute atomic E-state index is 0.147. The van der Waals surface area contributed by atoms with Crippen LogP contribution in [0.25, 0.3) is 0 Å². The van der Waals surface area contributed by atoms with Crippen LogP contribution in [-0.2, 0) is 18.5 Å². The molecule has 0 fully saturated rings. The second-order valence-corrected chi connectivity index (χ2v) is 7.92. The number of phenols is 2. The van der Waals surface area contributed by atoms with E-state index in [2.05, 4.69) is 22.5 Å². The second kappa shape index (κ2) is 10.8. The van der Waals surface area contributed by atoms with E-state index in [9.17, 15) is 10.2 Å². The molecule has 0 bridgehead atoms. The average Bonchev–Trinajstić information content (AvgIpc) is 2.82. The molecule has 2 aromatic carbocycles. The van der Waals surface area contributed by atoms with Gasteiger partial charge in [0, 0.05) is 54.6 Å². The molecule has 1 heterocycles. The number of nitrogens with one attached hydrogen (secondary N) is 2. The van der Waals surface area contributed by atoms with Crippen molar-refractivity contribution in [1.82, 2.24) is 15.6 Å². The number of phenolic OH excluding ortho intramolecular Hbond substituents is 2. The summed E-state index contributed by atoms with van der Waals surface area (Å²) in [4.78, 5) is 4.57. The van der Waals surface area contributed by atoms with Crippen molar-refractivity contribution in [2.24, 2.45) is 0 Å². The Balaban J connectivity index is 1.69. The average molecular weight is 438 g/mol. The Hall–Kier alpha value is -3.29. The van der Waals surface area contributed by atoms with E-state index in [-0.39, 0.29) is 16.9 Å². The first-order valence-electron chi connectivity index (χ1n) is 10.5. The SMILES string of the molecule is COc1cccc(CNCC(C)(CNCc2cccc(OC)c2O)c2ccccn2)c1O. The molecule has 0 spiro atoms. The molecule has 1 aromatic heterocycles. The van der Waals surface area contributed by atoms with Crippen LogP contribution in [-0.4, -0.2) is 42.5 Å². The van der Waals surface area contributed by atoms with E-state index in [0.717, 1.165) is 16.8 Å². The minimum Gasteiger partial charge on any atom is -0.504 e. The predicted molar refractivity (Wildman–Crippen MR) is 124 cm³/mol. The summed E-state index contributed by atoms with van der Waals surface area (Å²) in [6.07, 6.45) is 1.79. The van der Waals surface area contributed by atoms with Crippen LogP contribution in [0.2, 0.25) is 0 Å². The van der Waals surface area contributed by atoms with E-state index in [1.165, 1.54) is 14.2 Å². The van der Waals surface area contributed by atoms with Gasteiger partial charge in [-0.15, -0.1) is 0 Å². The van der Waals surface area contributed by atoms with Crippen LogP contribution in [0.4, 0.5) is 0 Å². The molecule has 0 unspecified atom stereocenters. The molecule has 0 aliphatic rings. The molecule has 0 aliphatic heterocycles. The number of ether oxygens (including phenoxy) is 2. The highest BCUT2D eigenvalue weighted by Crippen LogP contribution is 2.30. The summed E-state index contributed by atoms with van der Waals surface area (Å²) in [5, 5.41) is 27.6. The molecular formula is C25H31N3O4. The summed E-state index contributed by atoms with van der Waals surface area (Å²) < 4.78 is 10.4. The summed E-state index contributed by atoms with van der Waals surface area (Å²) in [5.74, 6) is 1.20. The Morgan fingerprint density at radius 3 is 1.75 bits per heavy atom. The van der Waals surface area contributed by atoms with Gasteiger partial charge in [0.1, 0.15) is 0 Å². The number of hydrogen-bond donors (Lipinski definition) is 4. The summed E-state index contributed by atoms with van der Waals surface area (Å²) in [5.41, 5.74) is 2.15. The molecule has 170 valence electrons. The largest absolute Gasteiger partial charge is 0.504 e. The molecule has 4 N–H and O–H groups in total. The molecule has 0 saturated carbocycles.